The Labute approximate surface area is 121 Å². The first-order chi connectivity index (χ1) is 9.54. The maximum absolute atomic E-state index is 13.9. The number of hydrogen-bond acceptors (Lipinski definition) is 2. The van der Waals surface area contributed by atoms with Crippen molar-refractivity contribution in [3.8, 4) is 0 Å². The second-order valence-electron chi connectivity index (χ2n) is 4.86. The number of piperidine rings is 1. The van der Waals surface area contributed by atoms with E-state index in [-0.39, 0.29) is 22.7 Å². The van der Waals surface area contributed by atoms with E-state index in [0.717, 1.165) is 37.9 Å². The fourth-order valence-corrected chi connectivity index (χ4v) is 2.69. The van der Waals surface area contributed by atoms with Gasteiger partial charge in [-0.25, -0.2) is 8.78 Å². The summed E-state index contributed by atoms with van der Waals surface area (Å²) in [4.78, 5) is 13.7. The lowest BCUT2D eigenvalue weighted by atomic mass is 10.0. The molecule has 1 amide bonds. The molecule has 1 aliphatic heterocycles. The fraction of sp³-hybridized carbons (Fsp3) is 0.500. The van der Waals surface area contributed by atoms with Crippen LogP contribution in [0.4, 0.5) is 14.5 Å². The van der Waals surface area contributed by atoms with Crippen molar-refractivity contribution in [1.82, 2.24) is 5.32 Å². The molecule has 1 aromatic carbocycles. The number of hydrogen-bond donors (Lipinski definition) is 1. The average molecular weight is 303 g/mol. The lowest BCUT2D eigenvalue weighted by Gasteiger charge is -2.33. The van der Waals surface area contributed by atoms with E-state index in [1.54, 1.807) is 0 Å². The minimum Gasteiger partial charge on any atom is -0.307 e. The average Bonchev–Trinajstić information content (AvgIpc) is 2.38. The van der Waals surface area contributed by atoms with Gasteiger partial charge in [0.15, 0.2) is 5.82 Å². The highest BCUT2D eigenvalue weighted by Gasteiger charge is 2.32. The number of nitrogens with zero attached hydrogens (tertiary/aromatic N) is 1. The molecule has 2 rings (SSSR count). The Morgan fingerprint density at radius 1 is 1.45 bits per heavy atom. The summed E-state index contributed by atoms with van der Waals surface area (Å²) in [5.41, 5.74) is -0.0268. The number of carbonyl (C=O) groups is 1. The Kier molecular flexibility index (Phi) is 4.94. The van der Waals surface area contributed by atoms with Gasteiger partial charge in [-0.1, -0.05) is 18.5 Å². The molecule has 1 atom stereocenters. The number of amides is 1. The van der Waals surface area contributed by atoms with E-state index in [1.807, 2.05) is 6.92 Å². The van der Waals surface area contributed by atoms with E-state index in [9.17, 15) is 13.6 Å². The summed E-state index contributed by atoms with van der Waals surface area (Å²) in [7, 11) is 0. The van der Waals surface area contributed by atoms with Crippen molar-refractivity contribution in [2.45, 2.75) is 32.2 Å². The van der Waals surface area contributed by atoms with Crippen LogP contribution in [0.15, 0.2) is 12.1 Å². The topological polar surface area (TPSA) is 32.3 Å². The van der Waals surface area contributed by atoms with Crippen LogP contribution < -0.4 is 10.2 Å². The molecule has 1 unspecified atom stereocenters. The first kappa shape index (κ1) is 15.2. The molecule has 0 bridgehead atoms. The van der Waals surface area contributed by atoms with Crippen LogP contribution in [0.2, 0.25) is 5.02 Å². The van der Waals surface area contributed by atoms with E-state index in [1.165, 1.54) is 4.90 Å². The lowest BCUT2D eigenvalue weighted by Crippen LogP contribution is -2.51. The lowest BCUT2D eigenvalue weighted by molar-refractivity contribution is -0.121. The number of halogens is 3. The summed E-state index contributed by atoms with van der Waals surface area (Å²) < 4.78 is 27.0. The van der Waals surface area contributed by atoms with Crippen LogP contribution >= 0.6 is 11.6 Å². The van der Waals surface area contributed by atoms with Gasteiger partial charge in [0.05, 0.1) is 16.8 Å². The third-order valence-corrected chi connectivity index (χ3v) is 3.62. The van der Waals surface area contributed by atoms with Gasteiger partial charge in [0, 0.05) is 12.6 Å². The number of carbonyl (C=O) groups excluding carboxylic acids is 1. The smallest absolute Gasteiger partial charge is 0.244 e. The zero-order valence-electron chi connectivity index (χ0n) is 11.3. The van der Waals surface area contributed by atoms with Crippen molar-refractivity contribution < 1.29 is 13.6 Å². The Hall–Kier alpha value is -1.20. The summed E-state index contributed by atoms with van der Waals surface area (Å²) in [6.45, 7) is 3.13. The number of benzene rings is 1. The zero-order valence-corrected chi connectivity index (χ0v) is 12.0. The van der Waals surface area contributed by atoms with Gasteiger partial charge >= 0.3 is 0 Å². The summed E-state index contributed by atoms with van der Waals surface area (Å²) in [5.74, 6) is -1.77. The molecule has 110 valence electrons. The van der Waals surface area contributed by atoms with Gasteiger partial charge in [-0.3, -0.25) is 4.79 Å². The second kappa shape index (κ2) is 6.50. The fourth-order valence-electron chi connectivity index (χ4n) is 2.40. The monoisotopic (exact) mass is 302 g/mol. The number of anilines is 1. The van der Waals surface area contributed by atoms with Gasteiger partial charge in [0.1, 0.15) is 5.82 Å². The second-order valence-corrected chi connectivity index (χ2v) is 5.26. The van der Waals surface area contributed by atoms with Crippen molar-refractivity contribution in [3.05, 3.63) is 28.8 Å². The molecule has 0 aliphatic carbocycles. The van der Waals surface area contributed by atoms with Crippen molar-refractivity contribution in [2.24, 2.45) is 0 Å². The van der Waals surface area contributed by atoms with Gasteiger partial charge in [0.25, 0.3) is 0 Å². The summed E-state index contributed by atoms with van der Waals surface area (Å²) in [6.07, 6.45) is 2.38. The quantitative estimate of drug-likeness (QED) is 0.927. The van der Waals surface area contributed by atoms with Crippen molar-refractivity contribution in [2.75, 3.05) is 18.0 Å². The largest absolute Gasteiger partial charge is 0.307 e. The standard InChI is InChI=1S/C14H17ClF2N2O/c1-2-5-18-12-4-3-6-19(14(12)20)13-10(15)7-9(16)8-11(13)17/h7-8,12,18H,2-6H2,1H3. The van der Waals surface area contributed by atoms with Crippen LogP contribution in [0.25, 0.3) is 0 Å². The molecule has 1 aromatic rings. The zero-order chi connectivity index (χ0) is 14.7. The summed E-state index contributed by atoms with van der Waals surface area (Å²) in [5, 5.41) is 3.06. The van der Waals surface area contributed by atoms with Gasteiger partial charge in [-0.05, 0) is 31.9 Å². The summed E-state index contributed by atoms with van der Waals surface area (Å²) >= 11 is 5.89. The van der Waals surface area contributed by atoms with Gasteiger partial charge in [0.2, 0.25) is 5.91 Å². The Bertz CT molecular complexity index is 487. The first-order valence-corrected chi connectivity index (χ1v) is 7.11. The van der Waals surface area contributed by atoms with Gasteiger partial charge in [-0.15, -0.1) is 0 Å². The normalized spacial score (nSPS) is 19.5. The summed E-state index contributed by atoms with van der Waals surface area (Å²) in [6, 6.07) is 1.44. The molecule has 1 saturated heterocycles. The molecule has 1 heterocycles. The van der Waals surface area contributed by atoms with Crippen LogP contribution in [0.1, 0.15) is 26.2 Å². The van der Waals surface area contributed by atoms with E-state index in [4.69, 9.17) is 11.6 Å². The van der Waals surface area contributed by atoms with Crippen LogP contribution in [0.5, 0.6) is 0 Å². The van der Waals surface area contributed by atoms with Crippen molar-refractivity contribution >= 4 is 23.2 Å². The molecule has 0 aromatic heterocycles. The highest BCUT2D eigenvalue weighted by atomic mass is 35.5. The third-order valence-electron chi connectivity index (χ3n) is 3.33. The van der Waals surface area contributed by atoms with Crippen LogP contribution in [-0.2, 0) is 4.79 Å². The molecule has 0 saturated carbocycles. The molecule has 0 spiro atoms. The number of nitrogens with one attached hydrogen (secondary N) is 1. The Morgan fingerprint density at radius 3 is 2.85 bits per heavy atom. The third kappa shape index (κ3) is 3.10. The highest BCUT2D eigenvalue weighted by Crippen LogP contribution is 2.32. The van der Waals surface area contributed by atoms with Crippen LogP contribution in [-0.4, -0.2) is 25.0 Å². The van der Waals surface area contributed by atoms with Gasteiger partial charge < -0.3 is 10.2 Å². The van der Waals surface area contributed by atoms with Gasteiger partial charge in [-0.2, -0.15) is 0 Å². The highest BCUT2D eigenvalue weighted by molar-refractivity contribution is 6.34. The molecular formula is C14H17ClF2N2O. The maximum Gasteiger partial charge on any atom is 0.244 e. The molecule has 0 radical (unpaired) electrons. The van der Waals surface area contributed by atoms with E-state index in [2.05, 4.69) is 5.32 Å². The molecule has 6 heteroatoms. The molecule has 1 N–H and O–H groups in total. The van der Waals surface area contributed by atoms with Crippen LogP contribution in [0, 0.1) is 11.6 Å². The SMILES string of the molecule is CCCNC1CCCN(c2c(F)cc(F)cc2Cl)C1=O. The Balaban J connectivity index is 2.26. The molecule has 1 aliphatic rings. The maximum atomic E-state index is 13.9. The predicted octanol–water partition coefficient (Wildman–Crippen LogP) is 3.11. The van der Waals surface area contributed by atoms with Crippen LogP contribution in [0.3, 0.4) is 0 Å². The minimum atomic E-state index is -0.806. The van der Waals surface area contributed by atoms with E-state index < -0.39 is 11.6 Å². The first-order valence-electron chi connectivity index (χ1n) is 6.74. The minimum absolute atomic E-state index is 0.0268. The van der Waals surface area contributed by atoms with E-state index in [0.29, 0.717) is 6.54 Å². The molecule has 3 nitrogen and oxygen atoms in total. The molecular weight excluding hydrogens is 286 g/mol. The Morgan fingerprint density at radius 2 is 2.20 bits per heavy atom. The van der Waals surface area contributed by atoms with E-state index >= 15 is 0 Å². The van der Waals surface area contributed by atoms with Crippen molar-refractivity contribution in [1.29, 1.82) is 0 Å². The predicted molar refractivity (Wildman–Crippen MR) is 75.0 cm³/mol. The molecule has 1 fully saturated rings. The van der Waals surface area contributed by atoms with Crippen molar-refractivity contribution in [3.63, 3.8) is 0 Å². The molecule has 20 heavy (non-hydrogen) atoms. The number of rotatable bonds is 4.